The Morgan fingerprint density at radius 2 is 1.21 bits per heavy atom. The molecule has 0 radical (unpaired) electrons. The van der Waals surface area contributed by atoms with Crippen molar-refractivity contribution in [3.63, 3.8) is 0 Å². The van der Waals surface area contributed by atoms with E-state index in [1.807, 2.05) is 4.90 Å². The van der Waals surface area contributed by atoms with Crippen LogP contribution in [0, 0.1) is 11.8 Å². The maximum absolute atomic E-state index is 13.1. The van der Waals surface area contributed by atoms with Crippen molar-refractivity contribution in [2.45, 2.75) is 57.3 Å². The van der Waals surface area contributed by atoms with Crippen molar-refractivity contribution < 1.29 is 9.59 Å². The number of nitrogens with zero attached hydrogens (tertiary/aromatic N) is 5. The number of aromatic nitrogens is 2. The van der Waals surface area contributed by atoms with E-state index in [2.05, 4.69) is 104 Å². The highest BCUT2D eigenvalue weighted by atomic mass is 16.2. The van der Waals surface area contributed by atoms with Crippen LogP contribution in [0.3, 0.4) is 0 Å². The van der Waals surface area contributed by atoms with Crippen LogP contribution in [0.25, 0.3) is 33.0 Å². The van der Waals surface area contributed by atoms with Crippen LogP contribution in [0.4, 0.5) is 0 Å². The maximum atomic E-state index is 13.1. The van der Waals surface area contributed by atoms with Crippen molar-refractivity contribution in [2.24, 2.45) is 11.8 Å². The minimum Gasteiger partial charge on any atom is -0.345 e. The molecular formula is C40H46N6O2. The van der Waals surface area contributed by atoms with Gasteiger partial charge in [0.2, 0.25) is 11.8 Å². The van der Waals surface area contributed by atoms with Crippen molar-refractivity contribution in [3.8, 4) is 0 Å². The monoisotopic (exact) mass is 642 g/mol. The molecule has 2 aromatic carbocycles. The van der Waals surface area contributed by atoms with Gasteiger partial charge in [0, 0.05) is 86.7 Å². The smallest absolute Gasteiger partial charge is 0.230 e. The first kappa shape index (κ1) is 30.0. The minimum absolute atomic E-state index is 0.00822. The molecule has 4 atom stereocenters. The third-order valence-electron chi connectivity index (χ3n) is 11.8. The molecule has 2 aromatic heterocycles. The Hall–Kier alpha value is -4.14. The number of hydrogen-bond acceptors (Lipinski definition) is 4. The Kier molecular flexibility index (Phi) is 7.54. The summed E-state index contributed by atoms with van der Waals surface area (Å²) >= 11 is 0. The molecule has 0 bridgehead atoms. The molecular weight excluding hydrogens is 596 g/mol. The SMILES string of the molecule is CN1CC(C(=O)N2CCCCC2)C=C2c3cccc4ccn(c34)CC21.O=C(C1C=C2c3cccc4ccn(c34)CC2NC1)N1CCCC1. The predicted octanol–water partition coefficient (Wildman–Crippen LogP) is 5.23. The topological polar surface area (TPSA) is 65.8 Å². The number of fused-ring (bicyclic) bond motifs is 4. The second-order valence-electron chi connectivity index (χ2n) is 14.7. The number of carbonyl (C=O) groups excluding carboxylic acids is 2. The zero-order chi connectivity index (χ0) is 32.4. The molecule has 2 fully saturated rings. The van der Waals surface area contributed by atoms with Gasteiger partial charge in [0.05, 0.1) is 35.0 Å². The number of carbonyl (C=O) groups is 2. The normalized spacial score (nSPS) is 26.4. The predicted molar refractivity (Wildman–Crippen MR) is 191 cm³/mol. The van der Waals surface area contributed by atoms with E-state index in [0.29, 0.717) is 23.9 Å². The number of benzene rings is 2. The van der Waals surface area contributed by atoms with Crippen LogP contribution < -0.4 is 5.32 Å². The molecule has 0 aliphatic carbocycles. The van der Waals surface area contributed by atoms with Crippen molar-refractivity contribution >= 4 is 44.8 Å². The summed E-state index contributed by atoms with van der Waals surface area (Å²) in [4.78, 5) is 32.3. The fourth-order valence-corrected chi connectivity index (χ4v) is 9.28. The summed E-state index contributed by atoms with van der Waals surface area (Å²) in [6, 6.07) is 18.1. The molecule has 2 amide bonds. The molecule has 8 heteroatoms. The van der Waals surface area contributed by atoms with Crippen LogP contribution in [0.15, 0.2) is 73.1 Å². The number of likely N-dealkylation sites (tertiary alicyclic amines) is 2. The average molecular weight is 643 g/mol. The molecule has 8 heterocycles. The molecule has 4 unspecified atom stereocenters. The van der Waals surface area contributed by atoms with Crippen LogP contribution in [0.2, 0.25) is 0 Å². The zero-order valence-corrected chi connectivity index (χ0v) is 28.0. The second-order valence-corrected chi connectivity index (χ2v) is 14.7. The molecule has 6 aliphatic heterocycles. The van der Waals surface area contributed by atoms with E-state index in [0.717, 1.165) is 78.0 Å². The van der Waals surface area contributed by atoms with E-state index in [9.17, 15) is 9.59 Å². The van der Waals surface area contributed by atoms with Gasteiger partial charge in [-0.2, -0.15) is 0 Å². The Balaban J connectivity index is 0.000000131. The Morgan fingerprint density at radius 1 is 0.646 bits per heavy atom. The van der Waals surface area contributed by atoms with Crippen LogP contribution in [0.5, 0.6) is 0 Å². The number of para-hydroxylation sites is 2. The number of rotatable bonds is 2. The maximum Gasteiger partial charge on any atom is 0.230 e. The summed E-state index contributed by atoms with van der Waals surface area (Å²) < 4.78 is 4.71. The van der Waals surface area contributed by atoms with E-state index in [-0.39, 0.29) is 11.8 Å². The van der Waals surface area contributed by atoms with Gasteiger partial charge in [-0.05, 0) is 62.4 Å². The quantitative estimate of drug-likeness (QED) is 0.326. The summed E-state index contributed by atoms with van der Waals surface area (Å²) in [6.45, 7) is 7.26. The highest BCUT2D eigenvalue weighted by molar-refractivity contribution is 5.97. The third kappa shape index (κ3) is 5.03. The van der Waals surface area contributed by atoms with Gasteiger partial charge in [0.15, 0.2) is 0 Å². The second kappa shape index (κ2) is 12.1. The van der Waals surface area contributed by atoms with Gasteiger partial charge in [-0.3, -0.25) is 14.5 Å². The van der Waals surface area contributed by atoms with E-state index in [1.54, 1.807) is 0 Å². The van der Waals surface area contributed by atoms with Crippen molar-refractivity contribution in [1.29, 1.82) is 0 Å². The fraction of sp³-hybridized carbons (Fsp3) is 0.450. The van der Waals surface area contributed by atoms with Gasteiger partial charge >= 0.3 is 0 Å². The molecule has 248 valence electrons. The summed E-state index contributed by atoms with van der Waals surface area (Å²) in [6.07, 6.45) is 14.8. The minimum atomic E-state index is -0.0175. The zero-order valence-electron chi connectivity index (χ0n) is 28.0. The van der Waals surface area contributed by atoms with Crippen molar-refractivity contribution in [2.75, 3.05) is 46.3 Å². The highest BCUT2D eigenvalue weighted by Crippen LogP contribution is 2.39. The molecule has 2 saturated heterocycles. The molecule has 48 heavy (non-hydrogen) atoms. The first-order valence-electron chi connectivity index (χ1n) is 18.1. The molecule has 8 nitrogen and oxygen atoms in total. The number of likely N-dealkylation sites (N-methyl/N-ethyl adjacent to an activating group) is 1. The average Bonchev–Trinajstić information content (AvgIpc) is 3.91. The number of hydrogen-bond donors (Lipinski definition) is 1. The summed E-state index contributed by atoms with van der Waals surface area (Å²) in [5, 5.41) is 6.19. The molecule has 0 spiro atoms. The van der Waals surface area contributed by atoms with Gasteiger partial charge in [0.25, 0.3) is 0 Å². The molecule has 1 N–H and O–H groups in total. The molecule has 10 rings (SSSR count). The Bertz CT molecular complexity index is 1950. The lowest BCUT2D eigenvalue weighted by Gasteiger charge is -2.41. The fourth-order valence-electron chi connectivity index (χ4n) is 9.28. The lowest BCUT2D eigenvalue weighted by atomic mass is 9.85. The van der Waals surface area contributed by atoms with Crippen LogP contribution in [-0.2, 0) is 22.7 Å². The number of nitrogens with one attached hydrogen (secondary N) is 1. The Labute approximate surface area is 282 Å². The van der Waals surface area contributed by atoms with E-state index < -0.39 is 0 Å². The van der Waals surface area contributed by atoms with E-state index >= 15 is 0 Å². The van der Waals surface area contributed by atoms with Crippen molar-refractivity contribution in [1.82, 2.24) is 29.2 Å². The largest absolute Gasteiger partial charge is 0.345 e. The number of amides is 2. The van der Waals surface area contributed by atoms with E-state index in [1.165, 1.54) is 50.5 Å². The van der Waals surface area contributed by atoms with Crippen LogP contribution in [-0.4, -0.2) is 94.0 Å². The van der Waals surface area contributed by atoms with Crippen LogP contribution >= 0.6 is 0 Å². The summed E-state index contributed by atoms with van der Waals surface area (Å²) in [5.41, 5.74) is 7.89. The van der Waals surface area contributed by atoms with Gasteiger partial charge in [0.1, 0.15) is 0 Å². The summed E-state index contributed by atoms with van der Waals surface area (Å²) in [7, 11) is 2.17. The first-order chi connectivity index (χ1) is 23.5. The van der Waals surface area contributed by atoms with Gasteiger partial charge in [-0.1, -0.05) is 48.6 Å². The Morgan fingerprint density at radius 3 is 1.88 bits per heavy atom. The first-order valence-corrected chi connectivity index (χ1v) is 18.1. The van der Waals surface area contributed by atoms with Crippen LogP contribution in [0.1, 0.15) is 43.2 Å². The highest BCUT2D eigenvalue weighted by Gasteiger charge is 2.37. The van der Waals surface area contributed by atoms with Gasteiger partial charge in [-0.15, -0.1) is 0 Å². The van der Waals surface area contributed by atoms with Gasteiger partial charge in [-0.25, -0.2) is 0 Å². The molecule has 6 aliphatic rings. The summed E-state index contributed by atoms with van der Waals surface area (Å²) in [5.74, 6) is 0.599. The lowest BCUT2D eigenvalue weighted by Crippen LogP contribution is -2.49. The van der Waals surface area contributed by atoms with Crippen molar-refractivity contribution in [3.05, 3.63) is 84.2 Å². The molecule has 0 saturated carbocycles. The van der Waals surface area contributed by atoms with E-state index in [4.69, 9.17) is 0 Å². The standard InChI is InChI=1S/C21H25N3O.C19H21N3O/c1-22-13-16(21(25)23-9-3-2-4-10-23)12-18-17-7-5-6-15-8-11-24(20(15)17)14-19(18)22;23-19(21-7-1-2-8-21)14-10-16-15-5-3-4-13-6-9-22(18(13)15)12-17(16)20-11-14/h5-8,11-12,16,19H,2-4,9-10,13-14H2,1H3;3-6,9-10,14,17,20H,1-2,7-8,11-12H2. The lowest BCUT2D eigenvalue weighted by molar-refractivity contribution is -0.135. The third-order valence-corrected chi connectivity index (χ3v) is 11.8. The molecule has 4 aromatic rings. The van der Waals surface area contributed by atoms with Gasteiger partial charge < -0.3 is 24.3 Å². The number of piperidine rings is 1.